The SMILES string of the molecule is O=C(O)N1CCC(N2CC[C@@H](c3cc(-c4ccc(Cl)cc4)n[nH]3)[C@H](c3ccc(F)cc3)C2)CC1. The van der Waals surface area contributed by atoms with E-state index in [1.807, 2.05) is 36.4 Å². The molecule has 2 fully saturated rings. The lowest BCUT2D eigenvalue weighted by atomic mass is 9.78. The normalized spacial score (nSPS) is 22.1. The first kappa shape index (κ1) is 22.9. The minimum Gasteiger partial charge on any atom is -0.465 e. The van der Waals surface area contributed by atoms with Crippen molar-refractivity contribution in [3.05, 3.63) is 76.7 Å². The van der Waals surface area contributed by atoms with Crippen molar-refractivity contribution in [2.75, 3.05) is 26.2 Å². The summed E-state index contributed by atoms with van der Waals surface area (Å²) in [6, 6.07) is 17.0. The van der Waals surface area contributed by atoms with Crippen molar-refractivity contribution in [2.24, 2.45) is 0 Å². The van der Waals surface area contributed by atoms with Gasteiger partial charge in [-0.05, 0) is 61.7 Å². The van der Waals surface area contributed by atoms with Gasteiger partial charge in [0.25, 0.3) is 0 Å². The lowest BCUT2D eigenvalue weighted by Gasteiger charge is -2.44. The van der Waals surface area contributed by atoms with E-state index in [1.165, 1.54) is 17.0 Å². The van der Waals surface area contributed by atoms with E-state index in [0.717, 1.165) is 54.9 Å². The number of likely N-dealkylation sites (tertiary alicyclic amines) is 2. The average molecular weight is 483 g/mol. The molecule has 2 atom stereocenters. The molecule has 2 saturated heterocycles. The largest absolute Gasteiger partial charge is 0.465 e. The maximum atomic E-state index is 13.7. The molecule has 0 radical (unpaired) electrons. The van der Waals surface area contributed by atoms with E-state index >= 15 is 0 Å². The molecular weight excluding hydrogens is 455 g/mol. The van der Waals surface area contributed by atoms with Gasteiger partial charge in [0.1, 0.15) is 5.82 Å². The van der Waals surface area contributed by atoms with E-state index in [-0.39, 0.29) is 17.7 Å². The second-order valence-electron chi connectivity index (χ2n) is 9.26. The van der Waals surface area contributed by atoms with Crippen LogP contribution in [0.1, 0.15) is 42.4 Å². The molecule has 0 spiro atoms. The Morgan fingerprint density at radius 3 is 2.38 bits per heavy atom. The molecule has 178 valence electrons. The molecule has 0 unspecified atom stereocenters. The number of hydrogen-bond donors (Lipinski definition) is 2. The van der Waals surface area contributed by atoms with Crippen LogP contribution in [-0.2, 0) is 0 Å². The quantitative estimate of drug-likeness (QED) is 0.509. The number of rotatable bonds is 4. The fraction of sp³-hybridized carbons (Fsp3) is 0.385. The Morgan fingerprint density at radius 2 is 1.71 bits per heavy atom. The molecule has 5 rings (SSSR count). The summed E-state index contributed by atoms with van der Waals surface area (Å²) in [7, 11) is 0. The van der Waals surface area contributed by atoms with Gasteiger partial charge in [-0.1, -0.05) is 35.9 Å². The zero-order valence-electron chi connectivity index (χ0n) is 18.8. The van der Waals surface area contributed by atoms with Crippen LogP contribution < -0.4 is 0 Å². The van der Waals surface area contributed by atoms with Crippen LogP contribution in [0.5, 0.6) is 0 Å². The summed E-state index contributed by atoms with van der Waals surface area (Å²) in [4.78, 5) is 15.3. The van der Waals surface area contributed by atoms with Crippen LogP contribution in [-0.4, -0.2) is 63.4 Å². The lowest BCUT2D eigenvalue weighted by Crippen LogP contribution is -2.50. The lowest BCUT2D eigenvalue weighted by molar-refractivity contribution is 0.0739. The fourth-order valence-electron chi connectivity index (χ4n) is 5.45. The topological polar surface area (TPSA) is 72.5 Å². The van der Waals surface area contributed by atoms with Gasteiger partial charge in [-0.25, -0.2) is 9.18 Å². The number of nitrogens with zero attached hydrogens (tertiary/aromatic N) is 3. The Balaban J connectivity index is 1.37. The van der Waals surface area contributed by atoms with Crippen LogP contribution in [0.15, 0.2) is 54.6 Å². The summed E-state index contributed by atoms with van der Waals surface area (Å²) in [5.74, 6) is 0.181. The molecular formula is C26H28ClFN4O2. The van der Waals surface area contributed by atoms with E-state index in [0.29, 0.717) is 24.2 Å². The molecule has 8 heteroatoms. The Morgan fingerprint density at radius 1 is 1.00 bits per heavy atom. The number of aromatic nitrogens is 2. The minimum absolute atomic E-state index is 0.186. The van der Waals surface area contributed by atoms with Crippen molar-refractivity contribution in [3.8, 4) is 11.3 Å². The fourth-order valence-corrected chi connectivity index (χ4v) is 5.57. The molecule has 1 aromatic heterocycles. The molecule has 2 aliphatic heterocycles. The predicted molar refractivity (Wildman–Crippen MR) is 130 cm³/mol. The Labute approximate surface area is 203 Å². The van der Waals surface area contributed by atoms with Crippen LogP contribution in [0.2, 0.25) is 5.02 Å². The number of benzene rings is 2. The molecule has 0 saturated carbocycles. The zero-order chi connectivity index (χ0) is 23.7. The van der Waals surface area contributed by atoms with E-state index in [2.05, 4.69) is 21.2 Å². The van der Waals surface area contributed by atoms with Gasteiger partial charge in [0.15, 0.2) is 0 Å². The van der Waals surface area contributed by atoms with Gasteiger partial charge in [-0.3, -0.25) is 10.00 Å². The average Bonchev–Trinajstić information content (AvgIpc) is 3.35. The van der Waals surface area contributed by atoms with E-state index in [4.69, 9.17) is 11.6 Å². The molecule has 34 heavy (non-hydrogen) atoms. The molecule has 0 aliphatic carbocycles. The molecule has 3 aromatic rings. The van der Waals surface area contributed by atoms with Gasteiger partial charge in [0.2, 0.25) is 0 Å². The summed E-state index contributed by atoms with van der Waals surface area (Å²) >= 11 is 6.03. The number of halogens is 2. The van der Waals surface area contributed by atoms with E-state index in [1.54, 1.807) is 0 Å². The third-order valence-electron chi connectivity index (χ3n) is 7.33. The smallest absolute Gasteiger partial charge is 0.407 e. The van der Waals surface area contributed by atoms with Crippen LogP contribution in [0.25, 0.3) is 11.3 Å². The Hall–Kier alpha value is -2.90. The van der Waals surface area contributed by atoms with Gasteiger partial charge in [0, 0.05) is 53.8 Å². The van der Waals surface area contributed by atoms with E-state index < -0.39 is 6.09 Å². The summed E-state index contributed by atoms with van der Waals surface area (Å²) in [6.45, 7) is 2.94. The molecule has 2 N–H and O–H groups in total. The Kier molecular flexibility index (Phi) is 6.57. The molecule has 0 bridgehead atoms. The minimum atomic E-state index is -0.836. The van der Waals surface area contributed by atoms with E-state index in [9.17, 15) is 14.3 Å². The third kappa shape index (κ3) is 4.81. The summed E-state index contributed by atoms with van der Waals surface area (Å²) in [5.41, 5.74) is 4.09. The Bertz CT molecular complexity index is 1130. The van der Waals surface area contributed by atoms with Crippen molar-refractivity contribution in [1.82, 2.24) is 20.0 Å². The highest BCUT2D eigenvalue weighted by Gasteiger charge is 2.36. The van der Waals surface area contributed by atoms with Crippen molar-refractivity contribution < 1.29 is 14.3 Å². The molecule has 3 heterocycles. The van der Waals surface area contributed by atoms with Gasteiger partial charge < -0.3 is 10.0 Å². The van der Waals surface area contributed by atoms with Crippen LogP contribution in [0, 0.1) is 5.82 Å². The number of carboxylic acid groups (broad SMARTS) is 1. The number of aromatic amines is 1. The molecule has 1 amide bonds. The van der Waals surface area contributed by atoms with Crippen molar-refractivity contribution in [2.45, 2.75) is 37.1 Å². The number of piperidine rings is 2. The third-order valence-corrected chi connectivity index (χ3v) is 7.58. The van der Waals surface area contributed by atoms with Crippen LogP contribution in [0.3, 0.4) is 0 Å². The molecule has 2 aliphatic rings. The first-order valence-electron chi connectivity index (χ1n) is 11.8. The molecule has 6 nitrogen and oxygen atoms in total. The summed E-state index contributed by atoms with van der Waals surface area (Å²) in [6.07, 6.45) is 1.80. The number of H-pyrrole nitrogens is 1. The highest BCUT2D eigenvalue weighted by atomic mass is 35.5. The number of carbonyl (C=O) groups is 1. The van der Waals surface area contributed by atoms with Crippen LogP contribution in [0.4, 0.5) is 9.18 Å². The van der Waals surface area contributed by atoms with Crippen molar-refractivity contribution in [1.29, 1.82) is 0 Å². The molecule has 2 aromatic carbocycles. The monoisotopic (exact) mass is 482 g/mol. The maximum Gasteiger partial charge on any atom is 0.407 e. The highest BCUT2D eigenvalue weighted by Crippen LogP contribution is 2.41. The number of hydrogen-bond acceptors (Lipinski definition) is 3. The first-order valence-corrected chi connectivity index (χ1v) is 12.1. The second kappa shape index (κ2) is 9.76. The second-order valence-corrected chi connectivity index (χ2v) is 9.70. The summed E-state index contributed by atoms with van der Waals surface area (Å²) in [5, 5.41) is 17.8. The standard InChI is InChI=1S/C26H28ClFN4O2/c27-19-5-1-18(2-6-19)24-15-25(30-29-24)22-11-14-32(21-9-12-31(13-10-21)26(33)34)16-23(22)17-3-7-20(28)8-4-17/h1-8,15,21-23H,9-14,16H2,(H,29,30)(H,33,34)/t22-,23+/m1/s1. The number of nitrogens with one attached hydrogen (secondary N) is 1. The van der Waals surface area contributed by atoms with Gasteiger partial charge >= 0.3 is 6.09 Å². The van der Waals surface area contributed by atoms with Gasteiger partial charge in [-0.15, -0.1) is 0 Å². The predicted octanol–water partition coefficient (Wildman–Crippen LogP) is 5.58. The number of amides is 1. The summed E-state index contributed by atoms with van der Waals surface area (Å²) < 4.78 is 13.7. The van der Waals surface area contributed by atoms with Crippen molar-refractivity contribution >= 4 is 17.7 Å². The van der Waals surface area contributed by atoms with Crippen molar-refractivity contribution in [3.63, 3.8) is 0 Å². The zero-order valence-corrected chi connectivity index (χ0v) is 19.6. The van der Waals surface area contributed by atoms with Crippen LogP contribution >= 0.6 is 11.6 Å². The maximum absolute atomic E-state index is 13.7. The van der Waals surface area contributed by atoms with Gasteiger partial charge in [0.05, 0.1) is 5.69 Å². The first-order chi connectivity index (χ1) is 16.5. The highest BCUT2D eigenvalue weighted by molar-refractivity contribution is 6.30. The van der Waals surface area contributed by atoms with Gasteiger partial charge in [-0.2, -0.15) is 5.10 Å².